The molecule has 1 heterocycles. The van der Waals surface area contributed by atoms with E-state index in [-0.39, 0.29) is 29.7 Å². The molecule has 7 atom stereocenters. The maximum atomic E-state index is 13.0. The molecule has 0 spiro atoms. The minimum atomic E-state index is -0.164. The van der Waals surface area contributed by atoms with Gasteiger partial charge < -0.3 is 0 Å². The molecule has 1 aliphatic heterocycles. The molecule has 0 N–H and O–H groups in total. The third-order valence-corrected chi connectivity index (χ3v) is 6.37. The van der Waals surface area contributed by atoms with Crippen LogP contribution >= 0.6 is 0 Å². The second-order valence-corrected chi connectivity index (χ2v) is 7.29. The fourth-order valence-corrected chi connectivity index (χ4v) is 5.24. The smallest absolute Gasteiger partial charge is 0.234 e. The van der Waals surface area contributed by atoms with Gasteiger partial charge in [0.25, 0.3) is 0 Å². The summed E-state index contributed by atoms with van der Waals surface area (Å²) in [6.07, 6.45) is 5.66. The van der Waals surface area contributed by atoms with Crippen molar-refractivity contribution < 1.29 is 9.59 Å². The first-order valence-corrected chi connectivity index (χ1v) is 8.28. The maximum Gasteiger partial charge on any atom is 0.234 e. The molecule has 22 heavy (non-hydrogen) atoms. The van der Waals surface area contributed by atoms with Crippen LogP contribution in [-0.2, 0) is 9.59 Å². The van der Waals surface area contributed by atoms with Gasteiger partial charge in [-0.3, -0.25) is 14.5 Å². The Hall–Kier alpha value is -1.90. The predicted octanol–water partition coefficient (Wildman–Crippen LogP) is 2.80. The first-order valence-electron chi connectivity index (χ1n) is 8.28. The summed E-state index contributed by atoms with van der Waals surface area (Å²) in [7, 11) is 0. The van der Waals surface area contributed by atoms with Crippen LogP contribution < -0.4 is 0 Å². The summed E-state index contributed by atoms with van der Waals surface area (Å²) in [5.41, 5.74) is 1.04. The van der Waals surface area contributed by atoms with Crippen molar-refractivity contribution >= 4 is 11.8 Å². The summed E-state index contributed by atoms with van der Waals surface area (Å²) >= 11 is 0. The molecule has 3 fully saturated rings. The van der Waals surface area contributed by atoms with Crippen LogP contribution in [0.2, 0.25) is 0 Å². The molecule has 6 rings (SSSR count). The Morgan fingerprint density at radius 2 is 1.50 bits per heavy atom. The highest BCUT2D eigenvalue weighted by Gasteiger charge is 2.67. The normalized spacial score (nSPS) is 42.3. The number of carbonyl (C=O) groups excluding carboxylic acids is 2. The number of allylic oxidation sites excluding steroid dienone is 2. The molecule has 1 aromatic rings. The predicted molar refractivity (Wildman–Crippen MR) is 81.4 cm³/mol. The number of nitrogens with zero attached hydrogens (tertiary/aromatic N) is 1. The van der Waals surface area contributed by atoms with Gasteiger partial charge in [-0.05, 0) is 42.6 Å². The zero-order valence-corrected chi connectivity index (χ0v) is 12.6. The van der Waals surface area contributed by atoms with Crippen LogP contribution in [0.3, 0.4) is 0 Å². The third-order valence-electron chi connectivity index (χ3n) is 6.37. The Bertz CT molecular complexity index is 659. The monoisotopic (exact) mass is 293 g/mol. The van der Waals surface area contributed by atoms with E-state index in [0.717, 1.165) is 5.56 Å². The van der Waals surface area contributed by atoms with Crippen molar-refractivity contribution in [3.05, 3.63) is 48.0 Å². The van der Waals surface area contributed by atoms with E-state index in [2.05, 4.69) is 12.2 Å². The molecule has 0 aromatic heterocycles. The van der Waals surface area contributed by atoms with Crippen molar-refractivity contribution in [3.63, 3.8) is 0 Å². The van der Waals surface area contributed by atoms with E-state index in [9.17, 15) is 9.59 Å². The molecule has 112 valence electrons. The number of amides is 2. The van der Waals surface area contributed by atoms with Crippen molar-refractivity contribution in [2.75, 3.05) is 0 Å². The van der Waals surface area contributed by atoms with E-state index in [4.69, 9.17) is 0 Å². The molecule has 0 radical (unpaired) electrons. The molecule has 5 aliphatic rings. The van der Waals surface area contributed by atoms with Gasteiger partial charge in [-0.2, -0.15) is 0 Å². The van der Waals surface area contributed by atoms with E-state index in [1.165, 1.54) is 6.42 Å². The summed E-state index contributed by atoms with van der Waals surface area (Å²) in [6, 6.07) is 9.72. The standard InChI is InChI=1S/C19H19NO2/c1-10(11-5-3-2-4-6-11)20-18(21)16-12-7-8-13(15-9-14(12)15)17(16)19(20)22/h2-8,10,12-17H,9H2,1H3/t10-,12-,13-,14-,15+,16+,17-/m1/s1. The average Bonchev–Trinajstić information content (AvgIpc) is 3.32. The van der Waals surface area contributed by atoms with E-state index < -0.39 is 0 Å². The molecule has 3 heteroatoms. The topological polar surface area (TPSA) is 37.4 Å². The summed E-state index contributed by atoms with van der Waals surface area (Å²) in [5.74, 6) is 1.91. The number of benzene rings is 1. The Balaban J connectivity index is 1.52. The van der Waals surface area contributed by atoms with E-state index in [1.54, 1.807) is 4.90 Å². The number of imide groups is 1. The lowest BCUT2D eigenvalue weighted by Crippen LogP contribution is -2.40. The molecule has 1 aromatic carbocycles. The lowest BCUT2D eigenvalue weighted by molar-refractivity contribution is -0.142. The van der Waals surface area contributed by atoms with Crippen molar-refractivity contribution in [2.45, 2.75) is 19.4 Å². The minimum Gasteiger partial charge on any atom is -0.275 e. The molecular formula is C19H19NO2. The van der Waals surface area contributed by atoms with Crippen LogP contribution in [-0.4, -0.2) is 16.7 Å². The lowest BCUT2D eigenvalue weighted by Gasteiger charge is -2.37. The SMILES string of the molecule is C[C@H](c1ccccc1)N1C(=O)[C@@H]2[C@@H]3C=C[C@H]([C@H]4C[C@@H]34)[C@@H]2C1=O. The van der Waals surface area contributed by atoms with E-state index in [0.29, 0.717) is 23.7 Å². The second-order valence-electron chi connectivity index (χ2n) is 7.29. The van der Waals surface area contributed by atoms with E-state index >= 15 is 0 Å². The van der Waals surface area contributed by atoms with Crippen LogP contribution in [0.4, 0.5) is 0 Å². The summed E-state index contributed by atoms with van der Waals surface area (Å²) in [5, 5.41) is 0. The minimum absolute atomic E-state index is 0.0658. The van der Waals surface area contributed by atoms with Crippen molar-refractivity contribution in [1.82, 2.24) is 4.90 Å². The first kappa shape index (κ1) is 12.6. The van der Waals surface area contributed by atoms with Gasteiger partial charge in [0, 0.05) is 0 Å². The van der Waals surface area contributed by atoms with Crippen LogP contribution in [0, 0.1) is 35.5 Å². The van der Waals surface area contributed by atoms with Crippen LogP contribution in [0.15, 0.2) is 42.5 Å². The molecular weight excluding hydrogens is 274 g/mol. The highest BCUT2D eigenvalue weighted by molar-refractivity contribution is 6.06. The highest BCUT2D eigenvalue weighted by Crippen LogP contribution is 2.65. The zero-order chi connectivity index (χ0) is 15.0. The van der Waals surface area contributed by atoms with E-state index in [1.807, 2.05) is 37.3 Å². The van der Waals surface area contributed by atoms with Gasteiger partial charge in [0.2, 0.25) is 11.8 Å². The van der Waals surface area contributed by atoms with Gasteiger partial charge >= 0.3 is 0 Å². The molecule has 0 unspecified atom stereocenters. The summed E-state index contributed by atoms with van der Waals surface area (Å²) in [6.45, 7) is 1.97. The lowest BCUT2D eigenvalue weighted by atomic mass is 9.63. The first-order chi connectivity index (χ1) is 10.7. The van der Waals surface area contributed by atoms with Crippen molar-refractivity contribution in [1.29, 1.82) is 0 Å². The molecule has 1 saturated heterocycles. The van der Waals surface area contributed by atoms with Gasteiger partial charge in [0.1, 0.15) is 0 Å². The molecule has 4 aliphatic carbocycles. The van der Waals surface area contributed by atoms with Gasteiger partial charge in [-0.25, -0.2) is 0 Å². The number of hydrogen-bond donors (Lipinski definition) is 0. The Kier molecular flexibility index (Phi) is 2.35. The fourth-order valence-electron chi connectivity index (χ4n) is 5.24. The second kappa shape index (κ2) is 4.09. The van der Waals surface area contributed by atoms with Gasteiger partial charge in [-0.1, -0.05) is 42.5 Å². The van der Waals surface area contributed by atoms with Crippen LogP contribution in [0.1, 0.15) is 24.9 Å². The summed E-state index contributed by atoms with van der Waals surface area (Å²) < 4.78 is 0. The number of rotatable bonds is 2. The fraction of sp³-hybridized carbons (Fsp3) is 0.474. The van der Waals surface area contributed by atoms with Gasteiger partial charge in [0.05, 0.1) is 17.9 Å². The number of likely N-dealkylation sites (tertiary alicyclic amines) is 1. The number of hydrogen-bond acceptors (Lipinski definition) is 2. The quantitative estimate of drug-likeness (QED) is 0.621. The number of carbonyl (C=O) groups is 2. The van der Waals surface area contributed by atoms with Crippen molar-refractivity contribution in [2.24, 2.45) is 35.5 Å². The highest BCUT2D eigenvalue weighted by atomic mass is 16.2. The van der Waals surface area contributed by atoms with Crippen LogP contribution in [0.5, 0.6) is 0 Å². The molecule has 3 nitrogen and oxygen atoms in total. The Morgan fingerprint density at radius 3 is 2.05 bits per heavy atom. The largest absolute Gasteiger partial charge is 0.275 e. The average molecular weight is 293 g/mol. The zero-order valence-electron chi connectivity index (χ0n) is 12.6. The Morgan fingerprint density at radius 1 is 0.955 bits per heavy atom. The summed E-state index contributed by atoms with van der Waals surface area (Å²) in [4.78, 5) is 27.5. The molecule has 2 saturated carbocycles. The maximum absolute atomic E-state index is 13.0. The Labute approximate surface area is 130 Å². The molecule has 2 bridgehead atoms. The third kappa shape index (κ3) is 1.42. The van der Waals surface area contributed by atoms with Crippen molar-refractivity contribution in [3.8, 4) is 0 Å². The van der Waals surface area contributed by atoms with Gasteiger partial charge in [-0.15, -0.1) is 0 Å². The van der Waals surface area contributed by atoms with Crippen LogP contribution in [0.25, 0.3) is 0 Å². The van der Waals surface area contributed by atoms with Gasteiger partial charge in [0.15, 0.2) is 0 Å². The molecule has 2 amide bonds.